The second kappa shape index (κ2) is 8.87. The number of oxazole rings is 2. The molecule has 5 rings (SSSR count). The Bertz CT molecular complexity index is 1290. The fraction of sp³-hybridized carbons (Fsp3) is 0.318. The van der Waals surface area contributed by atoms with Gasteiger partial charge in [0, 0.05) is 43.2 Å². The van der Waals surface area contributed by atoms with Crippen molar-refractivity contribution in [2.45, 2.75) is 19.8 Å². The average molecular weight is 449 g/mol. The first kappa shape index (κ1) is 20.9. The predicted octanol–water partition coefficient (Wildman–Crippen LogP) is 2.84. The zero-order valence-corrected chi connectivity index (χ0v) is 18.0. The number of aryl methyl sites for hydroxylation is 1. The van der Waals surface area contributed by atoms with Crippen LogP contribution in [0.3, 0.4) is 0 Å². The maximum atomic E-state index is 13.0. The lowest BCUT2D eigenvalue weighted by atomic mass is 10.2. The third-order valence-electron chi connectivity index (χ3n) is 5.28. The Kier molecular flexibility index (Phi) is 5.61. The van der Waals surface area contributed by atoms with E-state index >= 15 is 0 Å². The van der Waals surface area contributed by atoms with E-state index in [0.29, 0.717) is 35.2 Å². The van der Waals surface area contributed by atoms with Crippen LogP contribution in [0.25, 0.3) is 22.7 Å². The Labute approximate surface area is 188 Å². The van der Waals surface area contributed by atoms with Crippen molar-refractivity contribution in [2.24, 2.45) is 0 Å². The highest BCUT2D eigenvalue weighted by molar-refractivity contribution is 6.05. The Morgan fingerprint density at radius 1 is 1.21 bits per heavy atom. The number of anilines is 3. The Hall–Kier alpha value is -3.99. The standard InChI is InChI=1S/C22H23N7O4/c1-13-10-14(4-5-23-13)21-26-16(12-32-21)20(31)25-15-11-17-18(28-22(33-17)24-6-9-30)27-19(15)29-7-2-3-8-29/h4-5,10-12,30H,2-3,6-9H2,1H3,(H,25,31)(H,24,27,28). The van der Waals surface area contributed by atoms with Crippen molar-refractivity contribution in [3.05, 3.63) is 42.0 Å². The number of aliphatic hydroxyl groups is 1. The number of rotatable bonds is 7. The molecule has 33 heavy (non-hydrogen) atoms. The molecule has 11 nitrogen and oxygen atoms in total. The molecule has 5 heterocycles. The van der Waals surface area contributed by atoms with E-state index in [0.717, 1.165) is 37.2 Å². The van der Waals surface area contributed by atoms with Gasteiger partial charge in [0.2, 0.25) is 11.5 Å². The summed E-state index contributed by atoms with van der Waals surface area (Å²) in [6.45, 7) is 3.80. The third-order valence-corrected chi connectivity index (χ3v) is 5.28. The van der Waals surface area contributed by atoms with Gasteiger partial charge < -0.3 is 29.5 Å². The van der Waals surface area contributed by atoms with Crippen LogP contribution < -0.4 is 15.5 Å². The van der Waals surface area contributed by atoms with Gasteiger partial charge in [-0.1, -0.05) is 0 Å². The number of aliphatic hydroxyl groups excluding tert-OH is 1. The molecular formula is C22H23N7O4. The van der Waals surface area contributed by atoms with Gasteiger partial charge in [0.1, 0.15) is 6.26 Å². The van der Waals surface area contributed by atoms with Crippen molar-refractivity contribution < 1.29 is 18.7 Å². The number of hydrogen-bond acceptors (Lipinski definition) is 10. The molecule has 0 bridgehead atoms. The minimum atomic E-state index is -0.421. The van der Waals surface area contributed by atoms with Gasteiger partial charge >= 0.3 is 0 Å². The van der Waals surface area contributed by atoms with E-state index < -0.39 is 5.91 Å². The molecule has 1 fully saturated rings. The van der Waals surface area contributed by atoms with Crippen LogP contribution >= 0.6 is 0 Å². The molecule has 1 aliphatic rings. The molecule has 0 unspecified atom stereocenters. The molecule has 4 aromatic rings. The number of nitrogens with one attached hydrogen (secondary N) is 2. The summed E-state index contributed by atoms with van der Waals surface area (Å²) in [6.07, 6.45) is 5.09. The van der Waals surface area contributed by atoms with E-state index in [4.69, 9.17) is 13.9 Å². The monoisotopic (exact) mass is 449 g/mol. The second-order valence-electron chi connectivity index (χ2n) is 7.72. The van der Waals surface area contributed by atoms with Gasteiger partial charge in [-0.25, -0.2) is 9.97 Å². The zero-order valence-electron chi connectivity index (χ0n) is 18.0. The molecule has 0 radical (unpaired) electrons. The van der Waals surface area contributed by atoms with Gasteiger partial charge in [-0.05, 0) is 31.9 Å². The molecule has 1 amide bonds. The first-order valence-electron chi connectivity index (χ1n) is 10.7. The third kappa shape index (κ3) is 4.35. The van der Waals surface area contributed by atoms with E-state index in [1.54, 1.807) is 18.3 Å². The van der Waals surface area contributed by atoms with E-state index in [1.165, 1.54) is 6.26 Å². The highest BCUT2D eigenvalue weighted by atomic mass is 16.4. The highest BCUT2D eigenvalue weighted by Gasteiger charge is 2.23. The number of pyridine rings is 2. The van der Waals surface area contributed by atoms with Gasteiger partial charge in [0.05, 0.1) is 12.3 Å². The Morgan fingerprint density at radius 2 is 2.06 bits per heavy atom. The van der Waals surface area contributed by atoms with E-state index in [2.05, 4.69) is 35.5 Å². The first-order valence-corrected chi connectivity index (χ1v) is 10.7. The number of carbonyl (C=O) groups is 1. The predicted molar refractivity (Wildman–Crippen MR) is 121 cm³/mol. The fourth-order valence-electron chi connectivity index (χ4n) is 3.73. The maximum Gasteiger partial charge on any atom is 0.297 e. The number of hydrogen-bond donors (Lipinski definition) is 3. The smallest absolute Gasteiger partial charge is 0.297 e. The molecule has 3 N–H and O–H groups in total. The van der Waals surface area contributed by atoms with Crippen LogP contribution in [0.15, 0.2) is 39.5 Å². The zero-order chi connectivity index (χ0) is 22.8. The summed E-state index contributed by atoms with van der Waals surface area (Å²) in [7, 11) is 0. The minimum absolute atomic E-state index is 0.0504. The minimum Gasteiger partial charge on any atom is -0.444 e. The molecule has 1 aliphatic heterocycles. The van der Waals surface area contributed by atoms with Crippen LogP contribution in [0, 0.1) is 6.92 Å². The first-order chi connectivity index (χ1) is 16.1. The molecule has 0 atom stereocenters. The molecule has 11 heteroatoms. The summed E-state index contributed by atoms with van der Waals surface area (Å²) in [5, 5.41) is 14.8. The average Bonchev–Trinajstić information content (AvgIpc) is 3.57. The van der Waals surface area contributed by atoms with Crippen molar-refractivity contribution in [3.63, 3.8) is 0 Å². The van der Waals surface area contributed by atoms with Crippen LogP contribution in [-0.4, -0.2) is 57.2 Å². The van der Waals surface area contributed by atoms with Crippen molar-refractivity contribution in [1.82, 2.24) is 19.9 Å². The normalized spacial score (nSPS) is 13.6. The van der Waals surface area contributed by atoms with E-state index in [-0.39, 0.29) is 18.3 Å². The van der Waals surface area contributed by atoms with Crippen molar-refractivity contribution in [3.8, 4) is 11.5 Å². The number of carbonyl (C=O) groups excluding carboxylic acids is 1. The van der Waals surface area contributed by atoms with Gasteiger partial charge in [-0.2, -0.15) is 4.98 Å². The second-order valence-corrected chi connectivity index (χ2v) is 7.72. The van der Waals surface area contributed by atoms with Crippen LogP contribution in [0.4, 0.5) is 17.5 Å². The summed E-state index contributed by atoms with van der Waals surface area (Å²) >= 11 is 0. The largest absolute Gasteiger partial charge is 0.444 e. The van der Waals surface area contributed by atoms with E-state index in [9.17, 15) is 4.79 Å². The highest BCUT2D eigenvalue weighted by Crippen LogP contribution is 2.32. The lowest BCUT2D eigenvalue weighted by Crippen LogP contribution is -2.22. The summed E-state index contributed by atoms with van der Waals surface area (Å²) in [5.41, 5.74) is 3.06. The van der Waals surface area contributed by atoms with Crippen molar-refractivity contribution in [2.75, 3.05) is 41.8 Å². The summed E-state index contributed by atoms with van der Waals surface area (Å²) in [6, 6.07) is 5.58. The van der Waals surface area contributed by atoms with Crippen LogP contribution in [0.1, 0.15) is 29.0 Å². The summed E-state index contributed by atoms with van der Waals surface area (Å²) in [5.74, 6) is 0.549. The number of aromatic nitrogens is 4. The van der Waals surface area contributed by atoms with Crippen molar-refractivity contribution in [1.29, 1.82) is 0 Å². The summed E-state index contributed by atoms with van der Waals surface area (Å²) in [4.78, 5) is 32.6. The van der Waals surface area contributed by atoms with Gasteiger partial charge in [0.25, 0.3) is 11.9 Å². The molecule has 0 spiro atoms. The molecular weight excluding hydrogens is 426 g/mol. The molecule has 4 aromatic heterocycles. The van der Waals surface area contributed by atoms with Crippen LogP contribution in [0.2, 0.25) is 0 Å². The van der Waals surface area contributed by atoms with Crippen LogP contribution in [-0.2, 0) is 0 Å². The topological polar surface area (TPSA) is 142 Å². The molecule has 0 aliphatic carbocycles. The van der Waals surface area contributed by atoms with Crippen molar-refractivity contribution >= 4 is 34.7 Å². The summed E-state index contributed by atoms with van der Waals surface area (Å²) < 4.78 is 11.2. The quantitative estimate of drug-likeness (QED) is 0.385. The number of amides is 1. The molecule has 0 aromatic carbocycles. The maximum absolute atomic E-state index is 13.0. The Morgan fingerprint density at radius 3 is 2.85 bits per heavy atom. The molecule has 170 valence electrons. The van der Waals surface area contributed by atoms with Gasteiger partial charge in [-0.15, -0.1) is 0 Å². The fourth-order valence-corrected chi connectivity index (χ4v) is 3.73. The number of nitrogens with zero attached hydrogens (tertiary/aromatic N) is 5. The SMILES string of the molecule is Cc1cc(-c2nc(C(=O)Nc3cc4oc(NCCO)nc4nc3N3CCCC3)co2)ccn1. The van der Waals surface area contributed by atoms with E-state index in [1.807, 2.05) is 13.0 Å². The van der Waals surface area contributed by atoms with Crippen LogP contribution in [0.5, 0.6) is 0 Å². The molecule has 1 saturated heterocycles. The molecule has 0 saturated carbocycles. The lowest BCUT2D eigenvalue weighted by molar-refractivity contribution is 0.102. The lowest BCUT2D eigenvalue weighted by Gasteiger charge is -2.19. The van der Waals surface area contributed by atoms with Gasteiger partial charge in [0.15, 0.2) is 17.1 Å². The number of fused-ring (bicyclic) bond motifs is 1. The van der Waals surface area contributed by atoms with Gasteiger partial charge in [-0.3, -0.25) is 9.78 Å². The Balaban J connectivity index is 1.44.